The molecule has 1 saturated carbocycles. The van der Waals surface area contributed by atoms with E-state index < -0.39 is 6.29 Å². The third kappa shape index (κ3) is 1.02. The highest BCUT2D eigenvalue weighted by Crippen LogP contribution is 2.51. The van der Waals surface area contributed by atoms with Gasteiger partial charge >= 0.3 is 0 Å². The van der Waals surface area contributed by atoms with Gasteiger partial charge in [0, 0.05) is 6.42 Å². The van der Waals surface area contributed by atoms with Gasteiger partial charge in [-0.25, -0.2) is 0 Å². The minimum Gasteiger partial charge on any atom is -0.368 e. The first-order chi connectivity index (χ1) is 6.25. The first-order valence-electron chi connectivity index (χ1n) is 5.27. The summed E-state index contributed by atoms with van der Waals surface area (Å²) in [5.74, 6) is 2.73. The van der Waals surface area contributed by atoms with Crippen LogP contribution in [0.1, 0.15) is 19.8 Å². The van der Waals surface area contributed by atoms with Gasteiger partial charge in [-0.3, -0.25) is 0 Å². The lowest BCUT2D eigenvalue weighted by Crippen LogP contribution is -2.37. The van der Waals surface area contributed by atoms with Crippen LogP contribution in [-0.4, -0.2) is 17.5 Å². The molecular formula is C11H16O2. The minimum atomic E-state index is -0.514. The Labute approximate surface area is 78.6 Å². The van der Waals surface area contributed by atoms with E-state index in [1.54, 1.807) is 0 Å². The van der Waals surface area contributed by atoms with Crippen molar-refractivity contribution in [3.05, 3.63) is 12.2 Å². The molecule has 1 saturated heterocycles. The largest absolute Gasteiger partial charge is 0.368 e. The van der Waals surface area contributed by atoms with E-state index in [9.17, 15) is 5.11 Å². The summed E-state index contributed by atoms with van der Waals surface area (Å²) in [4.78, 5) is 0. The Balaban J connectivity index is 1.91. The van der Waals surface area contributed by atoms with Crippen LogP contribution in [0, 0.1) is 23.7 Å². The molecule has 1 heterocycles. The lowest BCUT2D eigenvalue weighted by Gasteiger charge is -2.34. The van der Waals surface area contributed by atoms with Crippen LogP contribution < -0.4 is 0 Å². The van der Waals surface area contributed by atoms with Gasteiger partial charge in [0.2, 0.25) is 0 Å². The van der Waals surface area contributed by atoms with E-state index in [1.165, 1.54) is 0 Å². The zero-order valence-electron chi connectivity index (χ0n) is 7.89. The molecule has 2 nitrogen and oxygen atoms in total. The van der Waals surface area contributed by atoms with Crippen molar-refractivity contribution in [3.63, 3.8) is 0 Å². The Kier molecular flexibility index (Phi) is 1.59. The number of ether oxygens (including phenoxy) is 1. The van der Waals surface area contributed by atoms with E-state index >= 15 is 0 Å². The third-order valence-corrected chi connectivity index (χ3v) is 4.02. The van der Waals surface area contributed by atoms with Crippen LogP contribution in [0.3, 0.4) is 0 Å². The summed E-state index contributed by atoms with van der Waals surface area (Å²) in [6.45, 7) is 2.30. The van der Waals surface area contributed by atoms with Crippen molar-refractivity contribution in [1.82, 2.24) is 0 Å². The molecule has 6 atom stereocenters. The molecule has 1 unspecified atom stereocenters. The van der Waals surface area contributed by atoms with Crippen LogP contribution in [0.2, 0.25) is 0 Å². The van der Waals surface area contributed by atoms with Gasteiger partial charge in [-0.05, 0) is 30.1 Å². The first-order valence-corrected chi connectivity index (χ1v) is 5.27. The number of aliphatic hydroxyl groups is 1. The highest BCUT2D eigenvalue weighted by molar-refractivity contribution is 5.15. The van der Waals surface area contributed by atoms with Gasteiger partial charge in [-0.15, -0.1) is 0 Å². The van der Waals surface area contributed by atoms with Crippen molar-refractivity contribution >= 4 is 0 Å². The number of rotatable bonds is 0. The fraction of sp³-hybridized carbons (Fsp3) is 0.818. The maximum Gasteiger partial charge on any atom is 0.155 e. The summed E-state index contributed by atoms with van der Waals surface area (Å²) in [5.41, 5.74) is 0. The Morgan fingerprint density at radius 2 is 2.15 bits per heavy atom. The van der Waals surface area contributed by atoms with Gasteiger partial charge in [-0.2, -0.15) is 0 Å². The number of hydrogen-bond donors (Lipinski definition) is 1. The predicted octanol–water partition coefficient (Wildman–Crippen LogP) is 1.55. The van der Waals surface area contributed by atoms with Gasteiger partial charge in [0.1, 0.15) is 0 Å². The molecule has 1 aliphatic heterocycles. The molecule has 2 fully saturated rings. The molecule has 0 amide bonds. The molecule has 0 aromatic rings. The van der Waals surface area contributed by atoms with E-state index in [0.29, 0.717) is 17.9 Å². The topological polar surface area (TPSA) is 29.5 Å². The molecule has 72 valence electrons. The smallest absolute Gasteiger partial charge is 0.155 e. The SMILES string of the molecule is C[C@@H]1C[C@H]2OC(O)C[C@H]3C=C[C@@H]1[C@H]32. The van der Waals surface area contributed by atoms with E-state index in [1.807, 2.05) is 0 Å². The Hall–Kier alpha value is -0.340. The molecule has 0 bridgehead atoms. The molecular weight excluding hydrogens is 164 g/mol. The van der Waals surface area contributed by atoms with Gasteiger partial charge in [-0.1, -0.05) is 19.1 Å². The van der Waals surface area contributed by atoms with E-state index in [2.05, 4.69) is 19.1 Å². The fourth-order valence-corrected chi connectivity index (χ4v) is 3.46. The standard InChI is InChI=1S/C11H16O2/c1-6-4-9-11-7(2-3-8(6)11)5-10(12)13-9/h2-3,6-12H,4-5H2,1H3/t6-,7-,8+,9-,10?,11+/m1/s1. The van der Waals surface area contributed by atoms with Crippen molar-refractivity contribution in [3.8, 4) is 0 Å². The van der Waals surface area contributed by atoms with E-state index in [0.717, 1.165) is 24.7 Å². The monoisotopic (exact) mass is 180 g/mol. The van der Waals surface area contributed by atoms with E-state index in [4.69, 9.17) is 4.74 Å². The average Bonchev–Trinajstić information content (AvgIpc) is 2.58. The summed E-state index contributed by atoms with van der Waals surface area (Å²) >= 11 is 0. The molecule has 3 aliphatic rings. The van der Waals surface area contributed by atoms with Crippen LogP contribution in [0.25, 0.3) is 0 Å². The molecule has 0 spiro atoms. The van der Waals surface area contributed by atoms with Crippen molar-refractivity contribution < 1.29 is 9.84 Å². The highest BCUT2D eigenvalue weighted by Gasteiger charge is 2.50. The maximum atomic E-state index is 9.51. The van der Waals surface area contributed by atoms with Crippen molar-refractivity contribution in [1.29, 1.82) is 0 Å². The van der Waals surface area contributed by atoms with Crippen LogP contribution in [0.5, 0.6) is 0 Å². The molecule has 0 radical (unpaired) electrons. The highest BCUT2D eigenvalue weighted by atomic mass is 16.6. The number of hydrogen-bond acceptors (Lipinski definition) is 2. The quantitative estimate of drug-likeness (QED) is 0.573. The second kappa shape index (κ2) is 2.58. The molecule has 1 N–H and O–H groups in total. The van der Waals surface area contributed by atoms with Crippen molar-refractivity contribution in [2.75, 3.05) is 0 Å². The minimum absolute atomic E-state index is 0.323. The second-order valence-corrected chi connectivity index (χ2v) is 4.78. The zero-order valence-corrected chi connectivity index (χ0v) is 7.89. The molecule has 13 heavy (non-hydrogen) atoms. The maximum absolute atomic E-state index is 9.51. The molecule has 0 aromatic heterocycles. The van der Waals surface area contributed by atoms with Crippen LogP contribution >= 0.6 is 0 Å². The van der Waals surface area contributed by atoms with Gasteiger partial charge < -0.3 is 9.84 Å². The summed E-state index contributed by atoms with van der Waals surface area (Å²) in [6, 6.07) is 0. The van der Waals surface area contributed by atoms with Gasteiger partial charge in [0.15, 0.2) is 6.29 Å². The molecule has 0 aromatic carbocycles. The summed E-state index contributed by atoms with van der Waals surface area (Å²) < 4.78 is 5.58. The molecule has 3 rings (SSSR count). The van der Waals surface area contributed by atoms with Crippen LogP contribution in [0.4, 0.5) is 0 Å². The lowest BCUT2D eigenvalue weighted by atomic mass is 9.84. The Bertz CT molecular complexity index is 248. The van der Waals surface area contributed by atoms with Crippen LogP contribution in [-0.2, 0) is 4.74 Å². The van der Waals surface area contributed by atoms with Crippen molar-refractivity contribution in [2.24, 2.45) is 23.7 Å². The second-order valence-electron chi connectivity index (χ2n) is 4.78. The third-order valence-electron chi connectivity index (χ3n) is 4.02. The fourth-order valence-electron chi connectivity index (χ4n) is 3.46. The normalized spacial score (nSPS) is 58.3. The molecule has 2 aliphatic carbocycles. The van der Waals surface area contributed by atoms with Crippen LogP contribution in [0.15, 0.2) is 12.2 Å². The zero-order chi connectivity index (χ0) is 9.00. The summed E-state index contributed by atoms with van der Waals surface area (Å²) in [5, 5.41) is 9.51. The number of allylic oxidation sites excluding steroid dienone is 2. The summed E-state index contributed by atoms with van der Waals surface area (Å²) in [6.07, 6.45) is 6.39. The van der Waals surface area contributed by atoms with Gasteiger partial charge in [0.05, 0.1) is 6.10 Å². The molecule has 2 heteroatoms. The summed E-state index contributed by atoms with van der Waals surface area (Å²) in [7, 11) is 0. The van der Waals surface area contributed by atoms with E-state index in [-0.39, 0.29) is 0 Å². The lowest BCUT2D eigenvalue weighted by molar-refractivity contribution is -0.186. The predicted molar refractivity (Wildman–Crippen MR) is 48.9 cm³/mol. The van der Waals surface area contributed by atoms with Gasteiger partial charge in [0.25, 0.3) is 0 Å². The number of aliphatic hydroxyl groups excluding tert-OH is 1. The average molecular weight is 180 g/mol. The Morgan fingerprint density at radius 3 is 3.00 bits per heavy atom. The van der Waals surface area contributed by atoms with Crippen molar-refractivity contribution in [2.45, 2.75) is 32.2 Å². The first kappa shape index (κ1) is 8.01. The Morgan fingerprint density at radius 1 is 1.31 bits per heavy atom.